The fourth-order valence-electron chi connectivity index (χ4n) is 8.79. The molecule has 1 aliphatic rings. The molecule has 0 spiro atoms. The lowest BCUT2D eigenvalue weighted by molar-refractivity contribution is -0.305. The summed E-state index contributed by atoms with van der Waals surface area (Å²) in [5, 5.41) is 56.8. The predicted octanol–water partition coefficient (Wildman–Crippen LogP) is 13.8. The standard InChI is InChI=1S/C63H109NO10/c1-4-7-10-13-16-19-22-24-25-26-27-28-29-30-31-33-36-39-42-45-48-51-58(68)74-61-60(70)59(69)57(52-65)73-63(61)72-53-54(55(66)49-46-43-40-37-34-21-18-15-12-9-6-3)64-62(71)56(67)50-47-44-41-38-35-32-23-20-17-14-11-8-5-2/h8,11,16-17,19-20,24-25,27-28,30-31,46,49,54-57,59-61,63,65-67,69-70H,4-7,9-10,12-15,18,21-23,26,29,32-45,47-48,50-53H2,1-3H3,(H,64,71)/b11-8+,19-16-,20-17+,25-24-,28-27-,31-30-,49-46+. The van der Waals surface area contributed by atoms with E-state index in [-0.39, 0.29) is 19.4 Å². The van der Waals surface area contributed by atoms with Crippen LogP contribution in [0.5, 0.6) is 0 Å². The van der Waals surface area contributed by atoms with Crippen LogP contribution in [0.15, 0.2) is 85.1 Å². The molecule has 1 fully saturated rings. The second-order valence-electron chi connectivity index (χ2n) is 20.3. The van der Waals surface area contributed by atoms with Crippen LogP contribution in [0.3, 0.4) is 0 Å². The normalized spacial score (nSPS) is 19.9. The van der Waals surface area contributed by atoms with Crippen LogP contribution < -0.4 is 5.32 Å². The Kier molecular flexibility index (Phi) is 47.1. The number of hydrogen-bond acceptors (Lipinski definition) is 10. The van der Waals surface area contributed by atoms with E-state index in [1.54, 1.807) is 6.08 Å². The van der Waals surface area contributed by atoms with Gasteiger partial charge >= 0.3 is 5.97 Å². The highest BCUT2D eigenvalue weighted by molar-refractivity contribution is 5.80. The van der Waals surface area contributed by atoms with Crippen molar-refractivity contribution in [3.8, 4) is 0 Å². The predicted molar refractivity (Wildman–Crippen MR) is 306 cm³/mol. The van der Waals surface area contributed by atoms with E-state index in [2.05, 4.69) is 99.0 Å². The van der Waals surface area contributed by atoms with E-state index in [0.29, 0.717) is 12.8 Å². The number of amides is 1. The molecule has 426 valence electrons. The first kappa shape index (κ1) is 68.9. The monoisotopic (exact) mass is 1040 g/mol. The second kappa shape index (κ2) is 50.6. The lowest BCUT2D eigenvalue weighted by Crippen LogP contribution is -2.61. The topological polar surface area (TPSA) is 175 Å². The molecular formula is C63H109NO10. The maximum absolute atomic E-state index is 13.4. The van der Waals surface area contributed by atoms with Gasteiger partial charge in [0.15, 0.2) is 12.4 Å². The maximum atomic E-state index is 13.4. The molecule has 0 bridgehead atoms. The molecule has 11 heteroatoms. The molecular weight excluding hydrogens is 931 g/mol. The largest absolute Gasteiger partial charge is 0.454 e. The summed E-state index contributed by atoms with van der Waals surface area (Å²) in [4.78, 5) is 26.5. The minimum Gasteiger partial charge on any atom is -0.454 e. The van der Waals surface area contributed by atoms with Crippen molar-refractivity contribution in [2.75, 3.05) is 13.2 Å². The molecule has 8 atom stereocenters. The van der Waals surface area contributed by atoms with Crippen LogP contribution in [0.2, 0.25) is 0 Å². The number of rotatable bonds is 49. The van der Waals surface area contributed by atoms with Crippen LogP contribution in [0.1, 0.15) is 239 Å². The molecule has 6 N–H and O–H groups in total. The molecule has 8 unspecified atom stereocenters. The van der Waals surface area contributed by atoms with Crippen molar-refractivity contribution in [3.05, 3.63) is 85.1 Å². The van der Waals surface area contributed by atoms with Gasteiger partial charge in [-0.15, -0.1) is 0 Å². The molecule has 1 rings (SSSR count). The van der Waals surface area contributed by atoms with Gasteiger partial charge in [0.25, 0.3) is 0 Å². The average molecular weight is 1040 g/mol. The molecule has 0 aromatic heterocycles. The van der Waals surface area contributed by atoms with Crippen molar-refractivity contribution in [1.82, 2.24) is 5.32 Å². The van der Waals surface area contributed by atoms with Gasteiger partial charge in [0.05, 0.1) is 25.4 Å². The van der Waals surface area contributed by atoms with Crippen molar-refractivity contribution in [2.24, 2.45) is 0 Å². The summed E-state index contributed by atoms with van der Waals surface area (Å²) in [6.45, 7) is 5.61. The highest BCUT2D eigenvalue weighted by Crippen LogP contribution is 2.26. The Balaban J connectivity index is 2.69. The number of hydrogen-bond donors (Lipinski definition) is 6. The van der Waals surface area contributed by atoms with Gasteiger partial charge in [-0.05, 0) is 96.3 Å². The fourth-order valence-corrected chi connectivity index (χ4v) is 8.79. The molecule has 1 aliphatic heterocycles. The third kappa shape index (κ3) is 38.4. The van der Waals surface area contributed by atoms with Crippen molar-refractivity contribution >= 4 is 11.9 Å². The van der Waals surface area contributed by atoms with Crippen LogP contribution in [-0.2, 0) is 23.8 Å². The molecule has 0 saturated carbocycles. The Morgan fingerprint density at radius 3 is 1.49 bits per heavy atom. The van der Waals surface area contributed by atoms with Crippen LogP contribution >= 0.6 is 0 Å². The quantitative estimate of drug-likeness (QED) is 0.0195. The Labute approximate surface area is 451 Å². The Hall–Kier alpha value is -3.16. The first-order valence-corrected chi connectivity index (χ1v) is 29.9. The number of allylic oxidation sites excluding steroid dienone is 13. The van der Waals surface area contributed by atoms with E-state index in [0.717, 1.165) is 128 Å². The van der Waals surface area contributed by atoms with E-state index in [9.17, 15) is 35.1 Å². The van der Waals surface area contributed by atoms with Crippen LogP contribution in [0, 0.1) is 0 Å². The lowest BCUT2D eigenvalue weighted by Gasteiger charge is -2.41. The molecule has 0 aromatic carbocycles. The molecule has 1 heterocycles. The fraction of sp³-hybridized carbons (Fsp3) is 0.746. The zero-order valence-electron chi connectivity index (χ0n) is 46.9. The van der Waals surface area contributed by atoms with Gasteiger partial charge in [-0.25, -0.2) is 0 Å². The lowest BCUT2D eigenvalue weighted by atomic mass is 9.99. The molecule has 0 aromatic rings. The van der Waals surface area contributed by atoms with Crippen LogP contribution in [0.4, 0.5) is 0 Å². The molecule has 74 heavy (non-hydrogen) atoms. The highest BCUT2D eigenvalue weighted by atomic mass is 16.7. The zero-order chi connectivity index (χ0) is 54.0. The van der Waals surface area contributed by atoms with E-state index >= 15 is 0 Å². The van der Waals surface area contributed by atoms with E-state index in [1.807, 2.05) is 6.08 Å². The van der Waals surface area contributed by atoms with Crippen LogP contribution in [-0.4, -0.2) is 99.6 Å². The Morgan fingerprint density at radius 2 is 0.973 bits per heavy atom. The summed E-state index contributed by atoms with van der Waals surface area (Å²) < 4.78 is 17.6. The van der Waals surface area contributed by atoms with Crippen LogP contribution in [0.25, 0.3) is 0 Å². The Bertz CT molecular complexity index is 1520. The van der Waals surface area contributed by atoms with Crippen molar-refractivity contribution in [2.45, 2.75) is 288 Å². The number of esters is 1. The molecule has 1 amide bonds. The number of ether oxygens (including phenoxy) is 3. The summed E-state index contributed by atoms with van der Waals surface area (Å²) in [5.74, 6) is -1.23. The van der Waals surface area contributed by atoms with Gasteiger partial charge in [0, 0.05) is 6.42 Å². The number of aliphatic hydroxyl groups is 5. The maximum Gasteiger partial charge on any atom is 0.306 e. The van der Waals surface area contributed by atoms with Crippen molar-refractivity contribution < 1.29 is 49.3 Å². The number of aliphatic hydroxyl groups excluding tert-OH is 5. The van der Waals surface area contributed by atoms with Crippen molar-refractivity contribution in [1.29, 1.82) is 0 Å². The average Bonchev–Trinajstić information content (AvgIpc) is 3.40. The minimum atomic E-state index is -1.63. The van der Waals surface area contributed by atoms with Gasteiger partial charge in [-0.1, -0.05) is 221 Å². The molecule has 0 aliphatic carbocycles. The minimum absolute atomic E-state index is 0.0979. The molecule has 11 nitrogen and oxygen atoms in total. The summed E-state index contributed by atoms with van der Waals surface area (Å²) in [5.41, 5.74) is 0. The number of carbonyl (C=O) groups excluding carboxylic acids is 2. The third-order valence-electron chi connectivity index (χ3n) is 13.5. The summed E-state index contributed by atoms with van der Waals surface area (Å²) in [7, 11) is 0. The van der Waals surface area contributed by atoms with Gasteiger partial charge in [0.2, 0.25) is 5.91 Å². The molecule has 1 saturated heterocycles. The zero-order valence-corrected chi connectivity index (χ0v) is 46.9. The van der Waals surface area contributed by atoms with Gasteiger partial charge in [-0.3, -0.25) is 9.59 Å². The van der Waals surface area contributed by atoms with Gasteiger partial charge < -0.3 is 45.1 Å². The van der Waals surface area contributed by atoms with Gasteiger partial charge in [-0.2, -0.15) is 0 Å². The van der Waals surface area contributed by atoms with E-state index < -0.39 is 67.4 Å². The summed E-state index contributed by atoms with van der Waals surface area (Å²) in [6, 6.07) is -1.04. The van der Waals surface area contributed by atoms with Crippen molar-refractivity contribution in [3.63, 3.8) is 0 Å². The Morgan fingerprint density at radius 1 is 0.541 bits per heavy atom. The smallest absolute Gasteiger partial charge is 0.306 e. The number of carbonyl (C=O) groups is 2. The number of nitrogens with one attached hydrogen (secondary N) is 1. The number of unbranched alkanes of at least 4 members (excludes halogenated alkanes) is 23. The van der Waals surface area contributed by atoms with E-state index in [4.69, 9.17) is 14.2 Å². The first-order chi connectivity index (χ1) is 36.2. The SMILES string of the molecule is CC/C=C/C/C=C/CCCCCCCCC(O)C(=O)NC(COC1OC(CO)C(O)C(O)C1OC(=O)CCCCCCC/C=C\C/C=C\C/C=C\C/C=C\CCCCC)C(O)/C=C/CCCCCCCCCCC. The summed E-state index contributed by atoms with van der Waals surface area (Å²) in [6.07, 6.45) is 54.8. The second-order valence-corrected chi connectivity index (χ2v) is 20.3. The first-order valence-electron chi connectivity index (χ1n) is 29.9. The van der Waals surface area contributed by atoms with Gasteiger partial charge in [0.1, 0.15) is 24.4 Å². The summed E-state index contributed by atoms with van der Waals surface area (Å²) >= 11 is 0. The highest BCUT2D eigenvalue weighted by Gasteiger charge is 2.47. The van der Waals surface area contributed by atoms with E-state index in [1.165, 1.54) is 64.2 Å². The third-order valence-corrected chi connectivity index (χ3v) is 13.5. The molecule has 0 radical (unpaired) electrons.